The van der Waals surface area contributed by atoms with E-state index in [-0.39, 0.29) is 22.1 Å². The van der Waals surface area contributed by atoms with Crippen molar-refractivity contribution in [1.82, 2.24) is 4.90 Å². The minimum absolute atomic E-state index is 0.120. The average molecular weight is 320 g/mol. The number of amides is 1. The van der Waals surface area contributed by atoms with E-state index in [0.29, 0.717) is 13.1 Å². The van der Waals surface area contributed by atoms with E-state index in [1.807, 2.05) is 13.8 Å². The van der Waals surface area contributed by atoms with Gasteiger partial charge in [0.15, 0.2) is 0 Å². The lowest BCUT2D eigenvalue weighted by atomic mass is 10.2. The molecule has 0 saturated carbocycles. The van der Waals surface area contributed by atoms with Gasteiger partial charge >= 0.3 is 0 Å². The van der Waals surface area contributed by atoms with Gasteiger partial charge in [-0.15, -0.1) is 0 Å². The van der Waals surface area contributed by atoms with E-state index < -0.39 is 9.05 Å². The van der Waals surface area contributed by atoms with Crippen LogP contribution in [0.25, 0.3) is 0 Å². The molecule has 112 valence electrons. The third-order valence-electron chi connectivity index (χ3n) is 2.84. The maximum absolute atomic E-state index is 12.3. The molecule has 0 spiro atoms. The molecule has 0 aliphatic rings. The molecule has 1 amide bonds. The van der Waals surface area contributed by atoms with Gasteiger partial charge in [0.2, 0.25) is 0 Å². The van der Waals surface area contributed by atoms with Crippen molar-refractivity contribution in [2.24, 2.45) is 0 Å². The van der Waals surface area contributed by atoms with Gasteiger partial charge in [0.05, 0.1) is 7.11 Å². The number of carbonyl (C=O) groups excluding carboxylic acids is 1. The number of benzene rings is 1. The molecule has 0 N–H and O–H groups in total. The zero-order chi connectivity index (χ0) is 15.3. The molecule has 0 heterocycles. The van der Waals surface area contributed by atoms with Crippen LogP contribution in [0.15, 0.2) is 23.1 Å². The SMILES string of the molecule is CCCN(CC)C(=O)c1ccc(OC)c(S(=O)(=O)Cl)c1. The zero-order valence-electron chi connectivity index (χ0n) is 11.7. The molecule has 0 saturated heterocycles. The molecule has 0 bridgehead atoms. The minimum Gasteiger partial charge on any atom is -0.495 e. The van der Waals surface area contributed by atoms with Crippen LogP contribution in [0.3, 0.4) is 0 Å². The smallest absolute Gasteiger partial charge is 0.265 e. The van der Waals surface area contributed by atoms with E-state index >= 15 is 0 Å². The quantitative estimate of drug-likeness (QED) is 0.756. The Morgan fingerprint density at radius 3 is 2.45 bits per heavy atom. The first-order chi connectivity index (χ1) is 9.35. The van der Waals surface area contributed by atoms with Crippen LogP contribution in [0, 0.1) is 0 Å². The Labute approximate surface area is 123 Å². The fourth-order valence-corrected chi connectivity index (χ4v) is 2.88. The molecule has 0 aliphatic carbocycles. The van der Waals surface area contributed by atoms with E-state index in [1.54, 1.807) is 4.90 Å². The molecule has 1 aromatic rings. The third-order valence-corrected chi connectivity index (χ3v) is 4.18. The number of nitrogens with zero attached hydrogens (tertiary/aromatic N) is 1. The Kier molecular flexibility index (Phi) is 5.83. The van der Waals surface area contributed by atoms with Crippen LogP contribution in [-0.4, -0.2) is 39.4 Å². The van der Waals surface area contributed by atoms with Crippen molar-refractivity contribution in [3.63, 3.8) is 0 Å². The molecule has 0 aliphatic heterocycles. The van der Waals surface area contributed by atoms with E-state index in [0.717, 1.165) is 6.42 Å². The number of halogens is 1. The van der Waals surface area contributed by atoms with E-state index in [4.69, 9.17) is 15.4 Å². The molecule has 1 aromatic carbocycles. The summed E-state index contributed by atoms with van der Waals surface area (Å²) in [4.78, 5) is 13.7. The van der Waals surface area contributed by atoms with Gasteiger partial charge in [-0.2, -0.15) is 0 Å². The summed E-state index contributed by atoms with van der Waals surface area (Å²) < 4.78 is 28.0. The van der Waals surface area contributed by atoms with Crippen molar-refractivity contribution in [2.75, 3.05) is 20.2 Å². The van der Waals surface area contributed by atoms with Gasteiger partial charge in [-0.1, -0.05) is 6.92 Å². The Hall–Kier alpha value is -1.27. The summed E-state index contributed by atoms with van der Waals surface area (Å²) in [5.74, 6) is -0.103. The van der Waals surface area contributed by atoms with Gasteiger partial charge in [-0.05, 0) is 31.5 Å². The van der Waals surface area contributed by atoms with Crippen molar-refractivity contribution in [3.05, 3.63) is 23.8 Å². The maximum Gasteiger partial charge on any atom is 0.265 e. The van der Waals surface area contributed by atoms with Gasteiger partial charge < -0.3 is 9.64 Å². The lowest BCUT2D eigenvalue weighted by molar-refractivity contribution is 0.0764. The summed E-state index contributed by atoms with van der Waals surface area (Å²) in [6, 6.07) is 4.22. The standard InChI is InChI=1S/C13H18ClNO4S/c1-4-8-15(5-2)13(16)10-6-7-11(19-3)12(9-10)20(14,17)18/h6-7,9H,4-5,8H2,1-3H3. The van der Waals surface area contributed by atoms with E-state index in [2.05, 4.69) is 0 Å². The number of hydrogen-bond donors (Lipinski definition) is 0. The van der Waals surface area contributed by atoms with Crippen LogP contribution in [0.5, 0.6) is 5.75 Å². The van der Waals surface area contributed by atoms with E-state index in [9.17, 15) is 13.2 Å². The summed E-state index contributed by atoms with van der Waals surface area (Å²) in [6.45, 7) is 5.01. The van der Waals surface area contributed by atoms with Crippen LogP contribution < -0.4 is 4.74 Å². The summed E-state index contributed by atoms with van der Waals surface area (Å²) in [5, 5.41) is 0. The maximum atomic E-state index is 12.3. The number of methoxy groups -OCH3 is 1. The van der Waals surface area contributed by atoms with Crippen molar-refractivity contribution < 1.29 is 17.9 Å². The molecular weight excluding hydrogens is 302 g/mol. The van der Waals surface area contributed by atoms with Crippen LogP contribution in [0.4, 0.5) is 0 Å². The summed E-state index contributed by atoms with van der Waals surface area (Å²) in [5.41, 5.74) is 0.278. The molecule has 0 unspecified atom stereocenters. The van der Waals surface area contributed by atoms with Gasteiger partial charge in [0, 0.05) is 29.3 Å². The normalized spacial score (nSPS) is 11.2. The Morgan fingerprint density at radius 1 is 1.35 bits per heavy atom. The topological polar surface area (TPSA) is 63.7 Å². The Morgan fingerprint density at radius 2 is 2.00 bits per heavy atom. The predicted octanol–water partition coefficient (Wildman–Crippen LogP) is 2.49. The molecule has 1 rings (SSSR count). The molecule has 7 heteroatoms. The number of carbonyl (C=O) groups is 1. The molecule has 5 nitrogen and oxygen atoms in total. The molecule has 20 heavy (non-hydrogen) atoms. The molecule has 0 fully saturated rings. The van der Waals surface area contributed by atoms with Crippen LogP contribution in [0.1, 0.15) is 30.6 Å². The molecule has 0 atom stereocenters. The van der Waals surface area contributed by atoms with Crippen LogP contribution in [0.2, 0.25) is 0 Å². The highest BCUT2D eigenvalue weighted by atomic mass is 35.7. The van der Waals surface area contributed by atoms with Gasteiger partial charge in [-0.3, -0.25) is 4.79 Å². The van der Waals surface area contributed by atoms with Crippen LogP contribution >= 0.6 is 10.7 Å². The highest BCUT2D eigenvalue weighted by molar-refractivity contribution is 8.13. The second-order valence-electron chi connectivity index (χ2n) is 4.19. The zero-order valence-corrected chi connectivity index (χ0v) is 13.3. The van der Waals surface area contributed by atoms with Crippen molar-refractivity contribution in [3.8, 4) is 5.75 Å². The second kappa shape index (κ2) is 6.95. The lowest BCUT2D eigenvalue weighted by Crippen LogP contribution is -2.31. The lowest BCUT2D eigenvalue weighted by Gasteiger charge is -2.20. The first-order valence-corrected chi connectivity index (χ1v) is 8.58. The first-order valence-electron chi connectivity index (χ1n) is 6.27. The Bertz CT molecular complexity index is 586. The summed E-state index contributed by atoms with van der Waals surface area (Å²) >= 11 is 0. The molecule has 0 aromatic heterocycles. The van der Waals surface area contributed by atoms with Gasteiger partial charge in [-0.25, -0.2) is 8.42 Å². The monoisotopic (exact) mass is 319 g/mol. The summed E-state index contributed by atoms with van der Waals surface area (Å²) in [7, 11) is 2.74. The predicted molar refractivity (Wildman–Crippen MR) is 77.9 cm³/mol. The van der Waals surface area contributed by atoms with Crippen molar-refractivity contribution >= 4 is 25.6 Å². The molecular formula is C13H18ClNO4S. The van der Waals surface area contributed by atoms with Crippen LogP contribution in [-0.2, 0) is 9.05 Å². The fourth-order valence-electron chi connectivity index (χ4n) is 1.86. The average Bonchev–Trinajstić information content (AvgIpc) is 2.42. The first kappa shape index (κ1) is 16.8. The highest BCUT2D eigenvalue weighted by Gasteiger charge is 2.21. The summed E-state index contributed by atoms with van der Waals surface area (Å²) in [6.07, 6.45) is 0.830. The van der Waals surface area contributed by atoms with Crippen molar-refractivity contribution in [1.29, 1.82) is 0 Å². The van der Waals surface area contributed by atoms with Gasteiger partial charge in [0.25, 0.3) is 15.0 Å². The fraction of sp³-hybridized carbons (Fsp3) is 0.462. The van der Waals surface area contributed by atoms with Crippen molar-refractivity contribution in [2.45, 2.75) is 25.2 Å². The van der Waals surface area contributed by atoms with Gasteiger partial charge in [0.1, 0.15) is 10.6 Å². The number of ether oxygens (including phenoxy) is 1. The number of rotatable bonds is 6. The number of hydrogen-bond acceptors (Lipinski definition) is 4. The highest BCUT2D eigenvalue weighted by Crippen LogP contribution is 2.28. The Balaban J connectivity index is 3.24. The third kappa shape index (κ3) is 3.86. The molecule has 0 radical (unpaired) electrons. The largest absolute Gasteiger partial charge is 0.495 e. The van der Waals surface area contributed by atoms with E-state index in [1.165, 1.54) is 25.3 Å². The minimum atomic E-state index is -3.97. The second-order valence-corrected chi connectivity index (χ2v) is 6.72.